The Hall–Kier alpha value is -0.530. The summed E-state index contributed by atoms with van der Waals surface area (Å²) in [4.78, 5) is 11.6. The summed E-state index contributed by atoms with van der Waals surface area (Å²) in [7, 11) is 0. The third kappa shape index (κ3) is 0.357. The Labute approximate surface area is 88.0 Å². The molecule has 4 bridgehead atoms. The molecule has 78 valence electrons. The average molecular weight is 201 g/mol. The van der Waals surface area contributed by atoms with Crippen molar-refractivity contribution in [2.75, 3.05) is 0 Å². The highest BCUT2D eigenvalue weighted by atomic mass is 16.4. The number of carboxylic acids is 1. The molecular weight excluding hydrogens is 188 g/mol. The highest BCUT2D eigenvalue weighted by Gasteiger charge is 2.91. The molecule has 7 aliphatic rings. The van der Waals surface area contributed by atoms with E-state index in [0.717, 1.165) is 47.8 Å². The van der Waals surface area contributed by atoms with Gasteiger partial charge in [0.05, 0.1) is 0 Å². The molecule has 0 amide bonds. The van der Waals surface area contributed by atoms with Crippen molar-refractivity contribution in [2.24, 2.45) is 58.7 Å². The number of rotatable bonds is 1. The normalized spacial score (nSPS) is 82.3. The first-order valence-electron chi connectivity index (χ1n) is 6.48. The highest BCUT2D eigenvalue weighted by Crippen LogP contribution is 2.94. The first-order chi connectivity index (χ1) is 7.27. The van der Waals surface area contributed by atoms with Crippen LogP contribution in [0.4, 0.5) is 0 Å². The summed E-state index contributed by atoms with van der Waals surface area (Å²) in [6.45, 7) is 0. The molecule has 2 nitrogen and oxygen atoms in total. The maximum Gasteiger partial charge on any atom is 0.0482 e. The van der Waals surface area contributed by atoms with Crippen molar-refractivity contribution in [1.29, 1.82) is 0 Å². The second kappa shape index (κ2) is 1.49. The molecule has 10 atom stereocenters. The molecule has 0 aromatic carbocycles. The molecule has 0 radical (unpaired) electrons. The van der Waals surface area contributed by atoms with Crippen molar-refractivity contribution in [3.8, 4) is 0 Å². The molecule has 0 spiro atoms. The van der Waals surface area contributed by atoms with E-state index >= 15 is 0 Å². The summed E-state index contributed by atoms with van der Waals surface area (Å²) in [5.74, 6) is 6.57. The van der Waals surface area contributed by atoms with Crippen LogP contribution in [0.5, 0.6) is 0 Å². The molecule has 7 rings (SSSR count). The van der Waals surface area contributed by atoms with E-state index in [1.807, 2.05) is 0 Å². The maximum atomic E-state index is 11.6. The molecule has 7 aliphatic carbocycles. The quantitative estimate of drug-likeness (QED) is 0.605. The minimum atomic E-state index is -0.666. The van der Waals surface area contributed by atoms with Crippen LogP contribution in [-0.4, -0.2) is 5.97 Å². The molecule has 7 fully saturated rings. The Morgan fingerprint density at radius 3 is 2.60 bits per heavy atom. The van der Waals surface area contributed by atoms with E-state index in [0.29, 0.717) is 11.8 Å². The van der Waals surface area contributed by atoms with Gasteiger partial charge in [-0.1, -0.05) is 0 Å². The zero-order chi connectivity index (χ0) is 9.69. The van der Waals surface area contributed by atoms with Gasteiger partial charge in [-0.25, -0.2) is 0 Å². The number of hydrogen-bond donors (Lipinski definition) is 0. The van der Waals surface area contributed by atoms with Crippen LogP contribution in [0.3, 0.4) is 0 Å². The van der Waals surface area contributed by atoms with Crippen LogP contribution in [0.2, 0.25) is 0 Å². The topological polar surface area (TPSA) is 40.1 Å². The van der Waals surface area contributed by atoms with Gasteiger partial charge in [-0.2, -0.15) is 0 Å². The Kier molecular flexibility index (Phi) is 0.689. The lowest BCUT2D eigenvalue weighted by Crippen LogP contribution is -2.51. The predicted octanol–water partition coefficient (Wildman–Crippen LogP) is 0.130. The van der Waals surface area contributed by atoms with Gasteiger partial charge in [0.15, 0.2) is 0 Å². The van der Waals surface area contributed by atoms with Gasteiger partial charge in [-0.3, -0.25) is 0 Å². The van der Waals surface area contributed by atoms with Crippen molar-refractivity contribution in [3.05, 3.63) is 0 Å². The average Bonchev–Trinajstić information content (AvgIpc) is 2.70. The van der Waals surface area contributed by atoms with E-state index in [4.69, 9.17) is 0 Å². The van der Waals surface area contributed by atoms with Crippen LogP contribution < -0.4 is 5.11 Å². The third-order valence-electron chi connectivity index (χ3n) is 7.75. The van der Waals surface area contributed by atoms with Crippen molar-refractivity contribution in [2.45, 2.75) is 12.8 Å². The molecule has 0 N–H and O–H groups in total. The second-order valence-electron chi connectivity index (χ2n) is 7.12. The molecule has 15 heavy (non-hydrogen) atoms. The van der Waals surface area contributed by atoms with Crippen LogP contribution in [0.1, 0.15) is 12.8 Å². The van der Waals surface area contributed by atoms with Crippen molar-refractivity contribution in [1.82, 2.24) is 0 Å². The minimum absolute atomic E-state index is 0.308. The van der Waals surface area contributed by atoms with Crippen molar-refractivity contribution >= 4 is 5.97 Å². The van der Waals surface area contributed by atoms with Gasteiger partial charge in [0.2, 0.25) is 0 Å². The number of carboxylic acid groups (broad SMARTS) is 1. The van der Waals surface area contributed by atoms with E-state index in [-0.39, 0.29) is 5.41 Å². The largest absolute Gasteiger partial charge is 0.550 e. The molecule has 0 saturated heterocycles. The first kappa shape index (κ1) is 6.93. The van der Waals surface area contributed by atoms with E-state index < -0.39 is 5.97 Å². The zero-order valence-corrected chi connectivity index (χ0v) is 8.43. The second-order valence-corrected chi connectivity index (χ2v) is 7.12. The van der Waals surface area contributed by atoms with E-state index in [9.17, 15) is 9.90 Å². The smallest absolute Gasteiger partial charge is 0.0482 e. The van der Waals surface area contributed by atoms with Crippen LogP contribution in [-0.2, 0) is 4.79 Å². The zero-order valence-electron chi connectivity index (χ0n) is 8.43. The molecule has 0 aromatic heterocycles. The first-order valence-corrected chi connectivity index (χ1v) is 6.48. The van der Waals surface area contributed by atoms with E-state index in [1.165, 1.54) is 6.42 Å². The lowest BCUT2D eigenvalue weighted by molar-refractivity contribution is -0.324. The van der Waals surface area contributed by atoms with E-state index in [2.05, 4.69) is 0 Å². The fourth-order valence-corrected chi connectivity index (χ4v) is 8.27. The van der Waals surface area contributed by atoms with Gasteiger partial charge in [0.1, 0.15) is 0 Å². The summed E-state index contributed by atoms with van der Waals surface area (Å²) in [6.07, 6.45) is 2.41. The Morgan fingerprint density at radius 1 is 1.00 bits per heavy atom. The van der Waals surface area contributed by atoms with Crippen LogP contribution in [0, 0.1) is 58.7 Å². The van der Waals surface area contributed by atoms with Gasteiger partial charge < -0.3 is 9.90 Å². The Balaban J connectivity index is 1.75. The number of carbonyl (C=O) groups is 1. The molecule has 2 heteroatoms. The summed E-state index contributed by atoms with van der Waals surface area (Å²) in [5, 5.41) is 11.6. The molecule has 0 heterocycles. The van der Waals surface area contributed by atoms with Gasteiger partial charge >= 0.3 is 0 Å². The highest BCUT2D eigenvalue weighted by molar-refractivity contribution is 5.77. The molecule has 4 unspecified atom stereocenters. The molecule has 0 aliphatic heterocycles. The lowest BCUT2D eigenvalue weighted by Gasteiger charge is -2.48. The summed E-state index contributed by atoms with van der Waals surface area (Å²) in [6, 6.07) is 0. The SMILES string of the molecule is O=C([O-])[C@]12C[C@@H]3[C@@H]4C1C1C[C@@H]4[C@@H]4C1C2[C@H]34. The lowest BCUT2D eigenvalue weighted by atomic mass is 9.57. The van der Waals surface area contributed by atoms with Crippen LogP contribution in [0.15, 0.2) is 0 Å². The standard InChI is InChI=1S/C13H14O2/c14-12(15)13-2-5-6-3-1-4(10(6)13)8-7(3)9(5)11(8)13/h3-11H,1-2H2,(H,14,15)/p-1/t3-,4?,5+,6+,7+,8?,9+,10?,11?,13+/m0/s1. The fourth-order valence-electron chi connectivity index (χ4n) is 8.27. The summed E-state index contributed by atoms with van der Waals surface area (Å²) in [5.41, 5.74) is -0.308. The molecule has 0 aromatic rings. The van der Waals surface area contributed by atoms with E-state index in [1.54, 1.807) is 0 Å². The van der Waals surface area contributed by atoms with Gasteiger partial charge in [0.25, 0.3) is 0 Å². The van der Waals surface area contributed by atoms with Crippen LogP contribution in [0.25, 0.3) is 0 Å². The fraction of sp³-hybridized carbons (Fsp3) is 0.923. The monoisotopic (exact) mass is 201 g/mol. The number of hydrogen-bond acceptors (Lipinski definition) is 2. The summed E-state index contributed by atoms with van der Waals surface area (Å²) >= 11 is 0. The van der Waals surface area contributed by atoms with Crippen LogP contribution >= 0.6 is 0 Å². The van der Waals surface area contributed by atoms with Gasteiger partial charge in [-0.15, -0.1) is 0 Å². The Morgan fingerprint density at radius 2 is 1.80 bits per heavy atom. The van der Waals surface area contributed by atoms with Gasteiger partial charge in [-0.05, 0) is 66.1 Å². The number of aliphatic carboxylic acids is 1. The Bertz CT molecular complexity index is 434. The maximum absolute atomic E-state index is 11.6. The summed E-state index contributed by atoms with van der Waals surface area (Å²) < 4.78 is 0. The van der Waals surface area contributed by atoms with Gasteiger partial charge in [0, 0.05) is 11.4 Å². The minimum Gasteiger partial charge on any atom is -0.550 e. The molecule has 7 saturated carbocycles. The predicted molar refractivity (Wildman–Crippen MR) is 48.1 cm³/mol. The van der Waals surface area contributed by atoms with Crippen molar-refractivity contribution in [3.63, 3.8) is 0 Å². The number of carbonyl (C=O) groups excluding carboxylic acids is 1. The van der Waals surface area contributed by atoms with Crippen molar-refractivity contribution < 1.29 is 9.90 Å². The third-order valence-corrected chi connectivity index (χ3v) is 7.75. The molecular formula is C13H13O2-.